The van der Waals surface area contributed by atoms with Crippen molar-refractivity contribution in [1.82, 2.24) is 5.32 Å². The first-order valence-electron chi connectivity index (χ1n) is 8.16. The zero-order chi connectivity index (χ0) is 17.9. The fourth-order valence-corrected chi connectivity index (χ4v) is 2.72. The SMILES string of the molecule is COC(=O)C(CC(C)C)NC(=O)Cc1coc2cc(C)c(C)cc12. The molecular weight excluding hydrogens is 306 g/mol. The van der Waals surface area contributed by atoms with Crippen LogP contribution in [0.1, 0.15) is 37.0 Å². The monoisotopic (exact) mass is 331 g/mol. The highest BCUT2D eigenvalue weighted by Crippen LogP contribution is 2.25. The lowest BCUT2D eigenvalue weighted by molar-refractivity contribution is -0.145. The quantitative estimate of drug-likeness (QED) is 0.825. The van der Waals surface area contributed by atoms with Gasteiger partial charge in [0.25, 0.3) is 0 Å². The maximum absolute atomic E-state index is 12.4. The molecule has 0 saturated carbocycles. The van der Waals surface area contributed by atoms with Gasteiger partial charge in [-0.2, -0.15) is 0 Å². The van der Waals surface area contributed by atoms with Gasteiger partial charge in [-0.3, -0.25) is 4.79 Å². The van der Waals surface area contributed by atoms with E-state index >= 15 is 0 Å². The molecule has 1 aromatic heterocycles. The second-order valence-electron chi connectivity index (χ2n) is 6.64. The number of methoxy groups -OCH3 is 1. The molecule has 5 nitrogen and oxygen atoms in total. The molecule has 1 unspecified atom stereocenters. The molecule has 0 aliphatic heterocycles. The van der Waals surface area contributed by atoms with Gasteiger partial charge < -0.3 is 14.5 Å². The first-order chi connectivity index (χ1) is 11.3. The molecule has 0 bridgehead atoms. The number of nitrogens with one attached hydrogen (secondary N) is 1. The van der Waals surface area contributed by atoms with Crippen LogP contribution in [-0.4, -0.2) is 25.0 Å². The van der Waals surface area contributed by atoms with Crippen LogP contribution in [0.3, 0.4) is 0 Å². The van der Waals surface area contributed by atoms with Gasteiger partial charge in [0.05, 0.1) is 19.8 Å². The predicted molar refractivity (Wildman–Crippen MR) is 92.8 cm³/mol. The normalized spacial score (nSPS) is 12.4. The van der Waals surface area contributed by atoms with Crippen molar-refractivity contribution >= 4 is 22.8 Å². The molecule has 1 atom stereocenters. The van der Waals surface area contributed by atoms with Crippen molar-refractivity contribution in [2.75, 3.05) is 7.11 Å². The van der Waals surface area contributed by atoms with Gasteiger partial charge in [-0.05, 0) is 49.4 Å². The minimum atomic E-state index is -0.621. The van der Waals surface area contributed by atoms with Crippen molar-refractivity contribution in [2.45, 2.75) is 46.6 Å². The molecule has 1 heterocycles. The molecule has 2 aromatic rings. The summed E-state index contributed by atoms with van der Waals surface area (Å²) in [6.45, 7) is 8.05. The van der Waals surface area contributed by atoms with E-state index in [0.29, 0.717) is 6.42 Å². The largest absolute Gasteiger partial charge is 0.467 e. The summed E-state index contributed by atoms with van der Waals surface area (Å²) in [5.41, 5.74) is 3.89. The van der Waals surface area contributed by atoms with Crippen molar-refractivity contribution < 1.29 is 18.7 Å². The van der Waals surface area contributed by atoms with E-state index in [4.69, 9.17) is 9.15 Å². The van der Waals surface area contributed by atoms with Crippen molar-refractivity contribution in [2.24, 2.45) is 5.92 Å². The molecule has 1 aromatic carbocycles. The Balaban J connectivity index is 2.14. The number of esters is 1. The minimum absolute atomic E-state index is 0.168. The highest BCUT2D eigenvalue weighted by atomic mass is 16.5. The summed E-state index contributed by atoms with van der Waals surface area (Å²) in [6.07, 6.45) is 2.32. The third-order valence-corrected chi connectivity index (χ3v) is 4.15. The van der Waals surface area contributed by atoms with Crippen LogP contribution in [0.15, 0.2) is 22.8 Å². The lowest BCUT2D eigenvalue weighted by Gasteiger charge is -2.18. The Kier molecular flexibility index (Phi) is 5.65. The lowest BCUT2D eigenvalue weighted by Crippen LogP contribution is -2.43. The molecule has 0 saturated heterocycles. The van der Waals surface area contributed by atoms with Crippen molar-refractivity contribution in [3.05, 3.63) is 35.1 Å². The van der Waals surface area contributed by atoms with Gasteiger partial charge in [-0.25, -0.2) is 4.79 Å². The Labute approximate surface area is 142 Å². The Morgan fingerprint density at radius 3 is 2.50 bits per heavy atom. The zero-order valence-electron chi connectivity index (χ0n) is 14.9. The first kappa shape index (κ1) is 18.0. The van der Waals surface area contributed by atoms with Gasteiger partial charge in [0, 0.05) is 10.9 Å². The molecule has 24 heavy (non-hydrogen) atoms. The van der Waals surface area contributed by atoms with E-state index in [0.717, 1.165) is 27.7 Å². The Morgan fingerprint density at radius 1 is 1.21 bits per heavy atom. The van der Waals surface area contributed by atoms with Crippen LogP contribution in [0.2, 0.25) is 0 Å². The predicted octanol–water partition coefficient (Wildman–Crippen LogP) is 3.30. The number of benzene rings is 1. The highest BCUT2D eigenvalue weighted by molar-refractivity contribution is 5.90. The van der Waals surface area contributed by atoms with Crippen LogP contribution in [0.4, 0.5) is 0 Å². The Bertz CT molecular complexity index is 745. The third-order valence-electron chi connectivity index (χ3n) is 4.15. The van der Waals surface area contributed by atoms with Crippen LogP contribution in [0.25, 0.3) is 11.0 Å². The number of carbonyl (C=O) groups excluding carboxylic acids is 2. The van der Waals surface area contributed by atoms with E-state index in [9.17, 15) is 9.59 Å². The van der Waals surface area contributed by atoms with E-state index in [1.54, 1.807) is 6.26 Å². The first-order valence-corrected chi connectivity index (χ1v) is 8.16. The summed E-state index contributed by atoms with van der Waals surface area (Å²) in [7, 11) is 1.33. The molecule has 1 amide bonds. The number of hydrogen-bond donors (Lipinski definition) is 1. The maximum atomic E-state index is 12.4. The minimum Gasteiger partial charge on any atom is -0.467 e. The number of aryl methyl sites for hydroxylation is 2. The van der Waals surface area contributed by atoms with Crippen LogP contribution >= 0.6 is 0 Å². The van der Waals surface area contributed by atoms with E-state index < -0.39 is 12.0 Å². The standard InChI is InChI=1S/C19H25NO4/c1-11(2)6-16(19(22)23-5)20-18(21)9-14-10-24-17-8-13(4)12(3)7-15(14)17/h7-8,10-11,16H,6,9H2,1-5H3,(H,20,21). The van der Waals surface area contributed by atoms with Gasteiger partial charge in [-0.1, -0.05) is 13.8 Å². The van der Waals surface area contributed by atoms with Crippen molar-refractivity contribution in [3.8, 4) is 0 Å². The van der Waals surface area contributed by atoms with Gasteiger partial charge >= 0.3 is 5.97 Å². The van der Waals surface area contributed by atoms with E-state index in [2.05, 4.69) is 5.32 Å². The second-order valence-corrected chi connectivity index (χ2v) is 6.64. The molecule has 0 spiro atoms. The zero-order valence-corrected chi connectivity index (χ0v) is 14.9. The fraction of sp³-hybridized carbons (Fsp3) is 0.474. The molecule has 130 valence electrons. The maximum Gasteiger partial charge on any atom is 0.328 e. The smallest absolute Gasteiger partial charge is 0.328 e. The third kappa shape index (κ3) is 4.16. The number of hydrogen-bond acceptors (Lipinski definition) is 4. The summed E-state index contributed by atoms with van der Waals surface area (Å²) in [5.74, 6) is -0.359. The van der Waals surface area contributed by atoms with Gasteiger partial charge in [-0.15, -0.1) is 0 Å². The van der Waals surface area contributed by atoms with Crippen LogP contribution < -0.4 is 5.32 Å². The summed E-state index contributed by atoms with van der Waals surface area (Å²) in [6, 6.07) is 3.38. The molecule has 0 radical (unpaired) electrons. The molecule has 1 N–H and O–H groups in total. The van der Waals surface area contributed by atoms with E-state index in [1.165, 1.54) is 7.11 Å². The van der Waals surface area contributed by atoms with Crippen LogP contribution in [0.5, 0.6) is 0 Å². The molecule has 2 rings (SSSR count). The summed E-state index contributed by atoms with van der Waals surface area (Å²) in [4.78, 5) is 24.2. The molecular formula is C19H25NO4. The molecule has 0 aliphatic carbocycles. The van der Waals surface area contributed by atoms with Gasteiger partial charge in [0.15, 0.2) is 0 Å². The summed E-state index contributed by atoms with van der Waals surface area (Å²) in [5, 5.41) is 3.71. The number of fused-ring (bicyclic) bond motifs is 1. The van der Waals surface area contributed by atoms with E-state index in [1.807, 2.05) is 39.8 Å². The topological polar surface area (TPSA) is 68.5 Å². The Hall–Kier alpha value is -2.30. The second kappa shape index (κ2) is 7.51. The number of rotatable bonds is 6. The Morgan fingerprint density at radius 2 is 1.88 bits per heavy atom. The average molecular weight is 331 g/mol. The van der Waals surface area contributed by atoms with Crippen LogP contribution in [-0.2, 0) is 20.7 Å². The number of amides is 1. The molecule has 0 fully saturated rings. The van der Waals surface area contributed by atoms with Gasteiger partial charge in [0.2, 0.25) is 5.91 Å². The van der Waals surface area contributed by atoms with Crippen LogP contribution in [0, 0.1) is 19.8 Å². The summed E-state index contributed by atoms with van der Waals surface area (Å²) < 4.78 is 10.3. The van der Waals surface area contributed by atoms with Gasteiger partial charge in [0.1, 0.15) is 11.6 Å². The highest BCUT2D eigenvalue weighted by Gasteiger charge is 2.23. The number of ether oxygens (including phenoxy) is 1. The molecule has 5 heteroatoms. The number of furan rings is 1. The lowest BCUT2D eigenvalue weighted by atomic mass is 10.0. The van der Waals surface area contributed by atoms with Crippen molar-refractivity contribution in [3.63, 3.8) is 0 Å². The summed E-state index contributed by atoms with van der Waals surface area (Å²) >= 11 is 0. The molecule has 0 aliphatic rings. The average Bonchev–Trinajstić information content (AvgIpc) is 2.87. The van der Waals surface area contributed by atoms with E-state index in [-0.39, 0.29) is 18.2 Å². The number of carbonyl (C=O) groups is 2. The fourth-order valence-electron chi connectivity index (χ4n) is 2.72. The van der Waals surface area contributed by atoms with Crippen molar-refractivity contribution in [1.29, 1.82) is 0 Å².